The zero-order valence-electron chi connectivity index (χ0n) is 13.5. The fourth-order valence-corrected chi connectivity index (χ4v) is 3.43. The molecule has 0 saturated carbocycles. The van der Waals surface area contributed by atoms with Gasteiger partial charge in [0.25, 0.3) is 0 Å². The molecule has 1 N–H and O–H groups in total. The predicted octanol–water partition coefficient (Wildman–Crippen LogP) is 4.26. The Balaban J connectivity index is 1.86. The molecular weight excluding hydrogens is 318 g/mol. The first-order valence-corrected chi connectivity index (χ1v) is 8.82. The second kappa shape index (κ2) is 7.84. The van der Waals surface area contributed by atoms with Crippen LogP contribution in [0.4, 0.5) is 5.13 Å². The number of carbonyl (C=O) groups is 1. The van der Waals surface area contributed by atoms with Crippen LogP contribution in [0.2, 0.25) is 0 Å². The SMILES string of the molecule is CCCc1nnc(NC(=O)C(c2ccccc2)c2ccccc2)s1. The minimum Gasteiger partial charge on any atom is -0.300 e. The summed E-state index contributed by atoms with van der Waals surface area (Å²) >= 11 is 1.44. The molecule has 0 aliphatic carbocycles. The minimum atomic E-state index is -0.370. The second-order valence-electron chi connectivity index (χ2n) is 5.49. The summed E-state index contributed by atoms with van der Waals surface area (Å²) in [5.74, 6) is -0.461. The highest BCUT2D eigenvalue weighted by molar-refractivity contribution is 7.15. The van der Waals surface area contributed by atoms with Gasteiger partial charge in [-0.25, -0.2) is 0 Å². The molecule has 0 saturated heterocycles. The molecule has 0 unspecified atom stereocenters. The highest BCUT2D eigenvalue weighted by Crippen LogP contribution is 2.27. The van der Waals surface area contributed by atoms with E-state index in [0.29, 0.717) is 5.13 Å². The number of hydrogen-bond acceptors (Lipinski definition) is 4. The summed E-state index contributed by atoms with van der Waals surface area (Å²) in [6.45, 7) is 2.10. The Kier molecular flexibility index (Phi) is 5.33. The van der Waals surface area contributed by atoms with Gasteiger partial charge in [0, 0.05) is 6.42 Å². The summed E-state index contributed by atoms with van der Waals surface area (Å²) in [5.41, 5.74) is 1.92. The molecular formula is C19H19N3OS. The highest BCUT2D eigenvalue weighted by Gasteiger charge is 2.23. The summed E-state index contributed by atoms with van der Waals surface area (Å²) in [7, 11) is 0. The molecule has 0 bridgehead atoms. The summed E-state index contributed by atoms with van der Waals surface area (Å²) in [4.78, 5) is 12.9. The Bertz CT molecular complexity index is 747. The largest absolute Gasteiger partial charge is 0.300 e. The van der Waals surface area contributed by atoms with E-state index >= 15 is 0 Å². The maximum atomic E-state index is 12.9. The summed E-state index contributed by atoms with van der Waals surface area (Å²) in [5, 5.41) is 12.6. The van der Waals surface area contributed by atoms with E-state index in [-0.39, 0.29) is 11.8 Å². The van der Waals surface area contributed by atoms with Crippen LogP contribution in [0.1, 0.15) is 35.4 Å². The van der Waals surface area contributed by atoms with E-state index in [2.05, 4.69) is 22.4 Å². The van der Waals surface area contributed by atoms with Crippen molar-refractivity contribution in [3.63, 3.8) is 0 Å². The van der Waals surface area contributed by atoms with Crippen molar-refractivity contribution in [1.82, 2.24) is 10.2 Å². The number of rotatable bonds is 6. The maximum Gasteiger partial charge on any atom is 0.238 e. The van der Waals surface area contributed by atoms with Gasteiger partial charge in [-0.3, -0.25) is 10.1 Å². The van der Waals surface area contributed by atoms with Gasteiger partial charge in [-0.2, -0.15) is 0 Å². The molecule has 2 aromatic carbocycles. The Morgan fingerprint density at radius 3 is 2.12 bits per heavy atom. The average molecular weight is 337 g/mol. The molecule has 1 amide bonds. The Hall–Kier alpha value is -2.53. The Morgan fingerprint density at radius 1 is 1.00 bits per heavy atom. The third kappa shape index (κ3) is 3.86. The van der Waals surface area contributed by atoms with Gasteiger partial charge in [-0.05, 0) is 17.5 Å². The second-order valence-corrected chi connectivity index (χ2v) is 6.56. The van der Waals surface area contributed by atoms with Crippen molar-refractivity contribution in [2.45, 2.75) is 25.7 Å². The summed E-state index contributed by atoms with van der Waals surface area (Å²) in [6.07, 6.45) is 1.90. The maximum absolute atomic E-state index is 12.9. The molecule has 24 heavy (non-hydrogen) atoms. The van der Waals surface area contributed by atoms with E-state index in [9.17, 15) is 4.79 Å². The van der Waals surface area contributed by atoms with E-state index in [0.717, 1.165) is 29.0 Å². The van der Waals surface area contributed by atoms with Crippen molar-refractivity contribution < 1.29 is 4.79 Å². The lowest BCUT2D eigenvalue weighted by Gasteiger charge is -2.16. The molecule has 4 nitrogen and oxygen atoms in total. The fraction of sp³-hybridized carbons (Fsp3) is 0.211. The molecule has 3 rings (SSSR count). The first-order chi connectivity index (χ1) is 11.8. The number of hydrogen-bond donors (Lipinski definition) is 1. The van der Waals surface area contributed by atoms with Crippen LogP contribution in [-0.2, 0) is 11.2 Å². The normalized spacial score (nSPS) is 10.8. The number of anilines is 1. The van der Waals surface area contributed by atoms with Crippen molar-refractivity contribution in [2.75, 3.05) is 5.32 Å². The number of amides is 1. The van der Waals surface area contributed by atoms with Crippen LogP contribution < -0.4 is 5.32 Å². The molecule has 0 atom stereocenters. The van der Waals surface area contributed by atoms with Gasteiger partial charge in [-0.1, -0.05) is 78.9 Å². The molecule has 5 heteroatoms. The number of aryl methyl sites for hydroxylation is 1. The van der Waals surface area contributed by atoms with Crippen molar-refractivity contribution in [2.24, 2.45) is 0 Å². The molecule has 122 valence electrons. The highest BCUT2D eigenvalue weighted by atomic mass is 32.1. The molecule has 0 aliphatic rings. The summed E-state index contributed by atoms with van der Waals surface area (Å²) in [6, 6.07) is 19.6. The number of nitrogens with zero attached hydrogens (tertiary/aromatic N) is 2. The molecule has 0 aliphatic heterocycles. The molecule has 1 heterocycles. The molecule has 0 radical (unpaired) electrons. The third-order valence-electron chi connectivity index (χ3n) is 3.69. The van der Waals surface area contributed by atoms with E-state index in [4.69, 9.17) is 0 Å². The molecule has 1 aromatic heterocycles. The van der Waals surface area contributed by atoms with Crippen LogP contribution in [0.3, 0.4) is 0 Å². The van der Waals surface area contributed by atoms with E-state index in [1.54, 1.807) is 0 Å². The van der Waals surface area contributed by atoms with Gasteiger partial charge in [0.1, 0.15) is 5.01 Å². The van der Waals surface area contributed by atoms with E-state index in [1.807, 2.05) is 60.7 Å². The zero-order chi connectivity index (χ0) is 16.8. The topological polar surface area (TPSA) is 54.9 Å². The molecule has 3 aromatic rings. The predicted molar refractivity (Wildman–Crippen MR) is 97.3 cm³/mol. The standard InChI is InChI=1S/C19H19N3OS/c1-2-9-16-21-22-19(24-16)20-18(23)17(14-10-5-3-6-11-14)15-12-7-4-8-13-15/h3-8,10-13,17H,2,9H2,1H3,(H,20,22,23). The van der Waals surface area contributed by atoms with Gasteiger partial charge in [0.05, 0.1) is 5.92 Å². The lowest BCUT2D eigenvalue weighted by molar-refractivity contribution is -0.116. The van der Waals surface area contributed by atoms with E-state index in [1.165, 1.54) is 11.3 Å². The summed E-state index contributed by atoms with van der Waals surface area (Å²) < 4.78 is 0. The van der Waals surface area contributed by atoms with Crippen molar-refractivity contribution in [3.8, 4) is 0 Å². The van der Waals surface area contributed by atoms with Crippen LogP contribution in [0, 0.1) is 0 Å². The van der Waals surface area contributed by atoms with Crippen molar-refractivity contribution >= 4 is 22.4 Å². The quantitative estimate of drug-likeness (QED) is 0.731. The first kappa shape index (κ1) is 16.3. The lowest BCUT2D eigenvalue weighted by atomic mass is 9.90. The monoisotopic (exact) mass is 337 g/mol. The van der Waals surface area contributed by atoms with Crippen molar-refractivity contribution in [3.05, 3.63) is 76.8 Å². The van der Waals surface area contributed by atoms with Crippen LogP contribution in [0.5, 0.6) is 0 Å². The number of aromatic nitrogens is 2. The average Bonchev–Trinajstić information content (AvgIpc) is 3.04. The number of benzene rings is 2. The van der Waals surface area contributed by atoms with Gasteiger partial charge in [0.2, 0.25) is 11.0 Å². The molecule has 0 fully saturated rings. The number of nitrogens with one attached hydrogen (secondary N) is 1. The third-order valence-corrected chi connectivity index (χ3v) is 4.59. The van der Waals surface area contributed by atoms with Gasteiger partial charge in [0.15, 0.2) is 0 Å². The lowest BCUT2D eigenvalue weighted by Crippen LogP contribution is -2.22. The van der Waals surface area contributed by atoms with Crippen LogP contribution in [-0.4, -0.2) is 16.1 Å². The minimum absolute atomic E-state index is 0.0911. The Morgan fingerprint density at radius 2 is 1.58 bits per heavy atom. The van der Waals surface area contributed by atoms with Crippen LogP contribution in [0.15, 0.2) is 60.7 Å². The smallest absolute Gasteiger partial charge is 0.238 e. The Labute approximate surface area is 145 Å². The van der Waals surface area contributed by atoms with Crippen LogP contribution >= 0.6 is 11.3 Å². The zero-order valence-corrected chi connectivity index (χ0v) is 14.3. The molecule has 0 spiro atoms. The first-order valence-electron chi connectivity index (χ1n) is 8.01. The van der Waals surface area contributed by atoms with Crippen LogP contribution in [0.25, 0.3) is 0 Å². The van der Waals surface area contributed by atoms with Gasteiger partial charge < -0.3 is 0 Å². The van der Waals surface area contributed by atoms with E-state index < -0.39 is 0 Å². The van der Waals surface area contributed by atoms with Crippen molar-refractivity contribution in [1.29, 1.82) is 0 Å². The van der Waals surface area contributed by atoms with Gasteiger partial charge in [-0.15, -0.1) is 10.2 Å². The van der Waals surface area contributed by atoms with Gasteiger partial charge >= 0.3 is 0 Å². The number of carbonyl (C=O) groups excluding carboxylic acids is 1. The fourth-order valence-electron chi connectivity index (χ4n) is 2.58.